The molecule has 1 fully saturated rings. The van der Waals surface area contributed by atoms with Crippen LogP contribution < -0.4 is 0 Å². The zero-order chi connectivity index (χ0) is 12.7. The summed E-state index contributed by atoms with van der Waals surface area (Å²) in [6.45, 7) is 4.38. The summed E-state index contributed by atoms with van der Waals surface area (Å²) in [7, 11) is -3.71. The fourth-order valence-corrected chi connectivity index (χ4v) is 3.21. The third-order valence-electron chi connectivity index (χ3n) is 2.60. The molecule has 2 atom stereocenters. The summed E-state index contributed by atoms with van der Waals surface area (Å²) < 4.78 is 24.0. The minimum Gasteiger partial charge on any atom is -0.480 e. The number of carboxylic acids is 1. The van der Waals surface area contributed by atoms with Gasteiger partial charge in [0.1, 0.15) is 6.04 Å². The van der Waals surface area contributed by atoms with E-state index in [0.717, 1.165) is 4.31 Å². The van der Waals surface area contributed by atoms with E-state index in [4.69, 9.17) is 5.11 Å². The standard InChI is InChI=1S/C9H17NO5S/c1-9(2,3)16(14,15)10-5-6(11)4-7(10)8(12)13/h6-7,11H,4-5H2,1-3H3,(H,12,13)/t6?,7-/m0/s1. The molecule has 1 saturated heterocycles. The van der Waals surface area contributed by atoms with Gasteiger partial charge in [-0.1, -0.05) is 0 Å². The molecule has 0 aromatic heterocycles. The van der Waals surface area contributed by atoms with E-state index < -0.39 is 32.9 Å². The highest BCUT2D eigenvalue weighted by molar-refractivity contribution is 7.90. The summed E-state index contributed by atoms with van der Waals surface area (Å²) in [5.74, 6) is -1.22. The molecule has 1 heterocycles. The fraction of sp³-hybridized carbons (Fsp3) is 0.889. The second-order valence-electron chi connectivity index (χ2n) is 4.93. The number of sulfonamides is 1. The highest BCUT2D eigenvalue weighted by Gasteiger charge is 2.47. The van der Waals surface area contributed by atoms with Crippen LogP contribution in [0.5, 0.6) is 0 Å². The summed E-state index contributed by atoms with van der Waals surface area (Å²) in [6, 6.07) is -1.15. The Morgan fingerprint density at radius 1 is 1.38 bits per heavy atom. The quantitative estimate of drug-likeness (QED) is 0.698. The van der Waals surface area contributed by atoms with Gasteiger partial charge in [0, 0.05) is 13.0 Å². The molecule has 1 unspecified atom stereocenters. The van der Waals surface area contributed by atoms with E-state index in [9.17, 15) is 18.3 Å². The summed E-state index contributed by atoms with van der Waals surface area (Å²) in [4.78, 5) is 10.9. The number of carbonyl (C=O) groups is 1. The lowest BCUT2D eigenvalue weighted by Crippen LogP contribution is -2.48. The van der Waals surface area contributed by atoms with Crippen molar-refractivity contribution in [2.24, 2.45) is 0 Å². The number of nitrogens with zero attached hydrogens (tertiary/aromatic N) is 1. The van der Waals surface area contributed by atoms with Crippen molar-refractivity contribution in [2.75, 3.05) is 6.54 Å². The van der Waals surface area contributed by atoms with Crippen LogP contribution in [0.4, 0.5) is 0 Å². The van der Waals surface area contributed by atoms with Gasteiger partial charge in [-0.2, -0.15) is 4.31 Å². The van der Waals surface area contributed by atoms with Crippen molar-refractivity contribution in [1.82, 2.24) is 4.31 Å². The van der Waals surface area contributed by atoms with Crippen molar-refractivity contribution >= 4 is 16.0 Å². The van der Waals surface area contributed by atoms with E-state index in [2.05, 4.69) is 0 Å². The molecule has 1 aliphatic heterocycles. The number of carboxylic acid groups (broad SMARTS) is 1. The van der Waals surface area contributed by atoms with E-state index in [1.165, 1.54) is 20.8 Å². The average molecular weight is 251 g/mol. The van der Waals surface area contributed by atoms with E-state index >= 15 is 0 Å². The van der Waals surface area contributed by atoms with Crippen molar-refractivity contribution in [3.8, 4) is 0 Å². The minimum absolute atomic E-state index is 0.0509. The summed E-state index contributed by atoms with van der Waals surface area (Å²) in [5.41, 5.74) is 0. The van der Waals surface area contributed by atoms with Crippen LogP contribution >= 0.6 is 0 Å². The molecule has 0 aromatic carbocycles. The molecular formula is C9H17NO5S. The molecule has 1 aliphatic rings. The molecular weight excluding hydrogens is 234 g/mol. The first-order valence-corrected chi connectivity index (χ1v) is 6.43. The third kappa shape index (κ3) is 2.21. The Bertz CT molecular complexity index is 383. The molecule has 94 valence electrons. The topological polar surface area (TPSA) is 94.9 Å². The zero-order valence-electron chi connectivity index (χ0n) is 9.54. The molecule has 0 amide bonds. The van der Waals surface area contributed by atoms with E-state index in [1.807, 2.05) is 0 Å². The zero-order valence-corrected chi connectivity index (χ0v) is 10.4. The monoisotopic (exact) mass is 251 g/mol. The predicted molar refractivity (Wildman–Crippen MR) is 57.4 cm³/mol. The molecule has 16 heavy (non-hydrogen) atoms. The van der Waals surface area contributed by atoms with Gasteiger partial charge in [0.25, 0.3) is 0 Å². The van der Waals surface area contributed by atoms with Crippen LogP contribution in [-0.4, -0.2) is 52.3 Å². The molecule has 6 nitrogen and oxygen atoms in total. The van der Waals surface area contributed by atoms with Crippen LogP contribution in [0.15, 0.2) is 0 Å². The van der Waals surface area contributed by atoms with Gasteiger partial charge in [0.05, 0.1) is 10.9 Å². The molecule has 0 aliphatic carbocycles. The molecule has 1 rings (SSSR count). The molecule has 0 aromatic rings. The molecule has 2 N–H and O–H groups in total. The Balaban J connectivity index is 3.09. The normalized spacial score (nSPS) is 28.2. The van der Waals surface area contributed by atoms with E-state index in [1.54, 1.807) is 0 Å². The van der Waals surface area contributed by atoms with E-state index in [-0.39, 0.29) is 13.0 Å². The van der Waals surface area contributed by atoms with Crippen molar-refractivity contribution in [3.05, 3.63) is 0 Å². The molecule has 0 spiro atoms. The molecule has 0 radical (unpaired) electrons. The number of hydrogen-bond acceptors (Lipinski definition) is 4. The van der Waals surface area contributed by atoms with E-state index in [0.29, 0.717) is 0 Å². The molecule has 7 heteroatoms. The van der Waals surface area contributed by atoms with Gasteiger partial charge >= 0.3 is 5.97 Å². The smallest absolute Gasteiger partial charge is 0.322 e. The number of aliphatic hydroxyl groups is 1. The number of aliphatic hydroxyl groups excluding tert-OH is 1. The second-order valence-corrected chi connectivity index (χ2v) is 7.57. The summed E-state index contributed by atoms with van der Waals surface area (Å²) in [5, 5.41) is 18.3. The second kappa shape index (κ2) is 3.97. The van der Waals surface area contributed by atoms with Gasteiger partial charge in [0.15, 0.2) is 0 Å². The lowest BCUT2D eigenvalue weighted by atomic mass is 10.2. The Morgan fingerprint density at radius 3 is 2.25 bits per heavy atom. The highest BCUT2D eigenvalue weighted by Crippen LogP contribution is 2.28. The number of β-amino-alcohol motifs (C(OH)–C–C–N with tert-alkyl or cyclic N) is 1. The van der Waals surface area contributed by atoms with Crippen molar-refractivity contribution in [1.29, 1.82) is 0 Å². The summed E-state index contributed by atoms with van der Waals surface area (Å²) >= 11 is 0. The van der Waals surface area contributed by atoms with Crippen LogP contribution in [0.3, 0.4) is 0 Å². The van der Waals surface area contributed by atoms with Crippen molar-refractivity contribution in [2.45, 2.75) is 44.1 Å². The first kappa shape index (κ1) is 13.4. The van der Waals surface area contributed by atoms with Crippen LogP contribution in [0, 0.1) is 0 Å². The number of aliphatic carboxylic acids is 1. The van der Waals surface area contributed by atoms with Crippen molar-refractivity contribution in [3.63, 3.8) is 0 Å². The van der Waals surface area contributed by atoms with Gasteiger partial charge in [-0.15, -0.1) is 0 Å². The maximum absolute atomic E-state index is 12.1. The molecule has 0 bridgehead atoms. The highest BCUT2D eigenvalue weighted by atomic mass is 32.2. The fourth-order valence-electron chi connectivity index (χ4n) is 1.63. The van der Waals surface area contributed by atoms with Crippen LogP contribution in [0.25, 0.3) is 0 Å². The maximum Gasteiger partial charge on any atom is 0.322 e. The average Bonchev–Trinajstić information content (AvgIpc) is 2.45. The SMILES string of the molecule is CC(C)(C)S(=O)(=O)N1CC(O)C[C@H]1C(=O)O. The third-order valence-corrected chi connectivity index (χ3v) is 5.17. The van der Waals surface area contributed by atoms with Crippen LogP contribution in [-0.2, 0) is 14.8 Å². The van der Waals surface area contributed by atoms with Crippen LogP contribution in [0.1, 0.15) is 27.2 Å². The lowest BCUT2D eigenvalue weighted by Gasteiger charge is -2.29. The number of rotatable bonds is 2. The Hall–Kier alpha value is -0.660. The largest absolute Gasteiger partial charge is 0.480 e. The maximum atomic E-state index is 12.1. The first-order chi connectivity index (χ1) is 7.07. The Kier molecular flexibility index (Phi) is 3.33. The Labute approximate surface area is 94.9 Å². The van der Waals surface area contributed by atoms with Gasteiger partial charge in [-0.05, 0) is 20.8 Å². The summed E-state index contributed by atoms with van der Waals surface area (Å²) in [6.07, 6.45) is -0.955. The lowest BCUT2D eigenvalue weighted by molar-refractivity contribution is -0.140. The van der Waals surface area contributed by atoms with Gasteiger partial charge in [-0.25, -0.2) is 8.42 Å². The van der Waals surface area contributed by atoms with Crippen molar-refractivity contribution < 1.29 is 23.4 Å². The molecule has 0 saturated carbocycles. The van der Waals surface area contributed by atoms with Gasteiger partial charge in [0.2, 0.25) is 10.0 Å². The first-order valence-electron chi connectivity index (χ1n) is 4.99. The number of hydrogen-bond donors (Lipinski definition) is 2. The van der Waals surface area contributed by atoms with Gasteiger partial charge in [-0.3, -0.25) is 4.79 Å². The van der Waals surface area contributed by atoms with Crippen LogP contribution in [0.2, 0.25) is 0 Å². The van der Waals surface area contributed by atoms with Gasteiger partial charge < -0.3 is 10.2 Å². The minimum atomic E-state index is -3.71. The Morgan fingerprint density at radius 2 is 1.88 bits per heavy atom. The predicted octanol–water partition coefficient (Wildman–Crippen LogP) is -0.365.